The van der Waals surface area contributed by atoms with Crippen LogP contribution in [0.4, 0.5) is 0 Å². The molecular formula is C19H16N2O4S. The van der Waals surface area contributed by atoms with Gasteiger partial charge in [0.05, 0.1) is 36.5 Å². The van der Waals surface area contributed by atoms with E-state index in [9.17, 15) is 9.59 Å². The highest BCUT2D eigenvalue weighted by molar-refractivity contribution is 7.78. The number of nitrogens with zero attached hydrogens (tertiary/aromatic N) is 2. The van der Waals surface area contributed by atoms with E-state index in [1.165, 1.54) is 4.90 Å². The number of aliphatic imine (C=N–C) groups is 1. The average Bonchev–Trinajstić information content (AvgIpc) is 2.92. The van der Waals surface area contributed by atoms with Gasteiger partial charge >= 0.3 is 0 Å². The van der Waals surface area contributed by atoms with Gasteiger partial charge in [-0.2, -0.15) is 0 Å². The molecule has 2 aromatic rings. The Hall–Kier alpha value is -3.02. The van der Waals surface area contributed by atoms with Crippen molar-refractivity contribution in [2.24, 2.45) is 4.99 Å². The smallest absolute Gasteiger partial charge is 0.261 e. The van der Waals surface area contributed by atoms with Crippen LogP contribution in [0.25, 0.3) is 0 Å². The van der Waals surface area contributed by atoms with Crippen LogP contribution in [-0.2, 0) is 6.54 Å². The second kappa shape index (κ2) is 7.91. The number of carbonyl (C=O) groups is 2. The Bertz CT molecular complexity index is 871. The number of imide groups is 1. The van der Waals surface area contributed by atoms with E-state index in [4.69, 9.17) is 9.47 Å². The van der Waals surface area contributed by atoms with E-state index in [0.29, 0.717) is 29.2 Å². The first kappa shape index (κ1) is 17.8. The zero-order valence-corrected chi connectivity index (χ0v) is 14.9. The highest BCUT2D eigenvalue weighted by Gasteiger charge is 2.34. The zero-order valence-electron chi connectivity index (χ0n) is 14.1. The minimum Gasteiger partial charge on any atom is -0.493 e. The predicted molar refractivity (Wildman–Crippen MR) is 99.0 cm³/mol. The zero-order chi connectivity index (χ0) is 18.5. The summed E-state index contributed by atoms with van der Waals surface area (Å²) in [6.07, 6.45) is 0. The average molecular weight is 368 g/mol. The van der Waals surface area contributed by atoms with Crippen LogP contribution in [0, 0.1) is 0 Å². The van der Waals surface area contributed by atoms with Crippen LogP contribution in [-0.4, -0.2) is 42.1 Å². The van der Waals surface area contributed by atoms with Gasteiger partial charge in [-0.15, -0.1) is 0 Å². The third kappa shape index (κ3) is 3.49. The number of fused-ring (bicyclic) bond motifs is 1. The summed E-state index contributed by atoms with van der Waals surface area (Å²) in [6, 6.07) is 12.2. The maximum Gasteiger partial charge on any atom is 0.261 e. The number of carbonyl (C=O) groups excluding carboxylic acids is 2. The number of isothiocyanates is 1. The van der Waals surface area contributed by atoms with Crippen LogP contribution in [0.3, 0.4) is 0 Å². The van der Waals surface area contributed by atoms with Gasteiger partial charge in [-0.1, -0.05) is 18.2 Å². The van der Waals surface area contributed by atoms with Gasteiger partial charge in [0.1, 0.15) is 6.61 Å². The van der Waals surface area contributed by atoms with Crippen molar-refractivity contribution in [3.05, 3.63) is 59.2 Å². The number of benzene rings is 2. The molecule has 0 saturated carbocycles. The van der Waals surface area contributed by atoms with Gasteiger partial charge in [0, 0.05) is 0 Å². The van der Waals surface area contributed by atoms with Crippen molar-refractivity contribution in [1.82, 2.24) is 4.90 Å². The fourth-order valence-electron chi connectivity index (χ4n) is 2.74. The number of ether oxygens (including phenoxy) is 2. The molecular weight excluding hydrogens is 352 g/mol. The molecule has 0 bridgehead atoms. The molecule has 0 aliphatic carbocycles. The Kier molecular flexibility index (Phi) is 5.41. The number of hydrogen-bond donors (Lipinski definition) is 0. The van der Waals surface area contributed by atoms with Gasteiger partial charge in [-0.05, 0) is 42.0 Å². The van der Waals surface area contributed by atoms with Crippen molar-refractivity contribution in [2.75, 3.05) is 20.3 Å². The van der Waals surface area contributed by atoms with Crippen LogP contribution in [0.5, 0.6) is 11.5 Å². The predicted octanol–water partition coefficient (Wildman–Crippen LogP) is 2.97. The van der Waals surface area contributed by atoms with E-state index in [1.54, 1.807) is 43.5 Å². The number of hydrogen-bond acceptors (Lipinski definition) is 6. The molecule has 0 fully saturated rings. The van der Waals surface area contributed by atoms with Gasteiger partial charge in [-0.3, -0.25) is 14.5 Å². The molecule has 0 N–H and O–H groups in total. The Morgan fingerprint density at radius 1 is 1.08 bits per heavy atom. The maximum absolute atomic E-state index is 12.3. The second-order valence-corrected chi connectivity index (χ2v) is 5.73. The maximum atomic E-state index is 12.3. The Balaban J connectivity index is 1.64. The summed E-state index contributed by atoms with van der Waals surface area (Å²) in [5, 5.41) is 2.32. The third-order valence-corrected chi connectivity index (χ3v) is 4.13. The standard InChI is InChI=1S/C19H16N2O4S/c1-24-17-10-13(11-20-12-26)6-7-16(17)25-9-8-21-18(22)14-4-2-3-5-15(14)19(21)23/h2-7,10H,8-9,11H2,1H3. The van der Waals surface area contributed by atoms with Crippen molar-refractivity contribution in [3.63, 3.8) is 0 Å². The monoisotopic (exact) mass is 368 g/mol. The lowest BCUT2D eigenvalue weighted by molar-refractivity contribution is 0.0631. The van der Waals surface area contributed by atoms with Gasteiger partial charge in [0.25, 0.3) is 11.8 Å². The van der Waals surface area contributed by atoms with Crippen LogP contribution in [0.1, 0.15) is 26.3 Å². The quantitative estimate of drug-likeness (QED) is 0.427. The van der Waals surface area contributed by atoms with Gasteiger partial charge in [0.15, 0.2) is 11.5 Å². The first-order valence-corrected chi connectivity index (χ1v) is 8.35. The van der Waals surface area contributed by atoms with E-state index in [0.717, 1.165) is 5.56 Å². The Morgan fingerprint density at radius 3 is 2.38 bits per heavy atom. The topological polar surface area (TPSA) is 68.2 Å². The lowest BCUT2D eigenvalue weighted by Crippen LogP contribution is -2.33. The Labute approximate surface area is 156 Å². The van der Waals surface area contributed by atoms with Gasteiger partial charge < -0.3 is 9.47 Å². The minimum absolute atomic E-state index is 0.159. The van der Waals surface area contributed by atoms with Crippen LogP contribution in [0.2, 0.25) is 0 Å². The minimum atomic E-state index is -0.297. The number of amides is 2. The second-order valence-electron chi connectivity index (χ2n) is 5.55. The normalized spacial score (nSPS) is 12.6. The van der Waals surface area contributed by atoms with Crippen LogP contribution < -0.4 is 9.47 Å². The molecule has 6 nitrogen and oxygen atoms in total. The largest absolute Gasteiger partial charge is 0.493 e. The SMILES string of the molecule is COc1cc(CN=C=S)ccc1OCCN1C(=O)c2ccccc2C1=O. The fourth-order valence-corrected chi connectivity index (χ4v) is 2.81. The summed E-state index contributed by atoms with van der Waals surface area (Å²) in [4.78, 5) is 29.7. The van der Waals surface area contributed by atoms with E-state index >= 15 is 0 Å². The van der Waals surface area contributed by atoms with E-state index in [2.05, 4.69) is 22.4 Å². The summed E-state index contributed by atoms with van der Waals surface area (Å²) in [7, 11) is 1.54. The van der Waals surface area contributed by atoms with Crippen molar-refractivity contribution < 1.29 is 19.1 Å². The van der Waals surface area contributed by atoms with Crippen molar-refractivity contribution in [2.45, 2.75) is 6.54 Å². The van der Waals surface area contributed by atoms with Crippen LogP contribution >= 0.6 is 12.2 Å². The molecule has 0 radical (unpaired) electrons. The molecule has 26 heavy (non-hydrogen) atoms. The number of rotatable bonds is 7. The first-order valence-electron chi connectivity index (χ1n) is 7.94. The van der Waals surface area contributed by atoms with Gasteiger partial charge in [0.2, 0.25) is 0 Å². The molecule has 0 saturated heterocycles. The highest BCUT2D eigenvalue weighted by Crippen LogP contribution is 2.29. The summed E-state index contributed by atoms with van der Waals surface area (Å²) in [5.74, 6) is 0.479. The van der Waals surface area contributed by atoms with Crippen molar-refractivity contribution >= 4 is 29.2 Å². The molecule has 3 rings (SSSR count). The van der Waals surface area contributed by atoms with Gasteiger partial charge in [-0.25, -0.2) is 4.99 Å². The molecule has 1 aliphatic heterocycles. The summed E-state index contributed by atoms with van der Waals surface area (Å²) in [6.45, 7) is 0.737. The molecule has 0 spiro atoms. The lowest BCUT2D eigenvalue weighted by Gasteiger charge is -2.16. The molecule has 1 aliphatic rings. The third-order valence-electron chi connectivity index (χ3n) is 4.00. The van der Waals surface area contributed by atoms with Crippen molar-refractivity contribution in [1.29, 1.82) is 0 Å². The van der Waals surface area contributed by atoms with E-state index < -0.39 is 0 Å². The lowest BCUT2D eigenvalue weighted by atomic mass is 10.1. The number of thiocarbonyl (C=S) groups is 1. The molecule has 1 heterocycles. The van der Waals surface area contributed by atoms with Crippen LogP contribution in [0.15, 0.2) is 47.5 Å². The molecule has 0 unspecified atom stereocenters. The molecule has 0 atom stereocenters. The fraction of sp³-hybridized carbons (Fsp3) is 0.211. The number of methoxy groups -OCH3 is 1. The molecule has 2 amide bonds. The molecule has 7 heteroatoms. The van der Waals surface area contributed by atoms with Crippen molar-refractivity contribution in [3.8, 4) is 11.5 Å². The summed E-state index contributed by atoms with van der Waals surface area (Å²) in [5.41, 5.74) is 1.77. The molecule has 2 aromatic carbocycles. The summed E-state index contributed by atoms with van der Waals surface area (Å²) >= 11 is 4.56. The first-order chi connectivity index (χ1) is 12.7. The summed E-state index contributed by atoms with van der Waals surface area (Å²) < 4.78 is 11.0. The molecule has 132 valence electrons. The molecule has 0 aromatic heterocycles. The van der Waals surface area contributed by atoms with E-state index in [-0.39, 0.29) is 25.0 Å². The Morgan fingerprint density at radius 2 is 1.77 bits per heavy atom. The van der Waals surface area contributed by atoms with E-state index in [1.807, 2.05) is 6.07 Å². The highest BCUT2D eigenvalue weighted by atomic mass is 32.1.